The highest BCUT2D eigenvalue weighted by atomic mass is 32.1. The van der Waals surface area contributed by atoms with E-state index in [0.29, 0.717) is 28.1 Å². The molecular weight excluding hydrogens is 360 g/mol. The van der Waals surface area contributed by atoms with Crippen molar-refractivity contribution in [3.8, 4) is 22.6 Å². The van der Waals surface area contributed by atoms with Gasteiger partial charge in [0.05, 0.1) is 5.52 Å². The minimum absolute atomic E-state index is 0.0351. The van der Waals surface area contributed by atoms with Crippen LogP contribution in [0.2, 0.25) is 0 Å². The van der Waals surface area contributed by atoms with Gasteiger partial charge in [-0.05, 0) is 61.9 Å². The van der Waals surface area contributed by atoms with Gasteiger partial charge in [0, 0.05) is 28.6 Å². The summed E-state index contributed by atoms with van der Waals surface area (Å²) in [5, 5.41) is 3.37. The normalized spacial score (nSPS) is 10.7. The second-order valence-corrected chi connectivity index (χ2v) is 6.90. The number of nitrogens with zero attached hydrogens (tertiary/aromatic N) is 2. The first-order valence-electron chi connectivity index (χ1n) is 8.36. The molecule has 0 saturated heterocycles. The smallest absolute Gasteiger partial charge is 0.278 e. The topological polar surface area (TPSA) is 61.3 Å². The van der Waals surface area contributed by atoms with Crippen molar-refractivity contribution in [2.24, 2.45) is 0 Å². The van der Waals surface area contributed by atoms with E-state index in [-0.39, 0.29) is 5.78 Å². The molecule has 0 fully saturated rings. The Morgan fingerprint density at radius 1 is 1.04 bits per heavy atom. The standard InChI is InChI=1S/C21H16N2O3S/c1-13-11-17(25-21-22-9-10-27-21)5-7-19(13)26-20-8-4-16-12-15(14(2)24)3-6-18(16)23-20/h3-12H,1-2H3. The van der Waals surface area contributed by atoms with Crippen LogP contribution in [0.25, 0.3) is 10.9 Å². The highest BCUT2D eigenvalue weighted by Gasteiger charge is 2.08. The van der Waals surface area contributed by atoms with Crippen molar-refractivity contribution in [1.82, 2.24) is 9.97 Å². The monoisotopic (exact) mass is 376 g/mol. The lowest BCUT2D eigenvalue weighted by Crippen LogP contribution is -1.94. The number of aryl methyl sites for hydroxylation is 1. The molecule has 0 N–H and O–H groups in total. The fourth-order valence-electron chi connectivity index (χ4n) is 2.66. The molecule has 0 unspecified atom stereocenters. The molecule has 5 nitrogen and oxygen atoms in total. The van der Waals surface area contributed by atoms with Crippen LogP contribution in [0.3, 0.4) is 0 Å². The third kappa shape index (κ3) is 3.80. The lowest BCUT2D eigenvalue weighted by atomic mass is 10.1. The molecule has 134 valence electrons. The van der Waals surface area contributed by atoms with E-state index in [1.54, 1.807) is 25.3 Å². The maximum Gasteiger partial charge on any atom is 0.278 e. The lowest BCUT2D eigenvalue weighted by Gasteiger charge is -2.10. The number of ether oxygens (including phenoxy) is 2. The zero-order chi connectivity index (χ0) is 18.8. The maximum atomic E-state index is 11.5. The van der Waals surface area contributed by atoms with Crippen molar-refractivity contribution in [2.45, 2.75) is 13.8 Å². The van der Waals surface area contributed by atoms with Crippen LogP contribution in [0.5, 0.6) is 22.6 Å². The number of carbonyl (C=O) groups is 1. The van der Waals surface area contributed by atoms with Gasteiger partial charge in [-0.25, -0.2) is 9.97 Å². The predicted molar refractivity (Wildman–Crippen MR) is 105 cm³/mol. The van der Waals surface area contributed by atoms with Crippen LogP contribution < -0.4 is 9.47 Å². The molecule has 0 amide bonds. The second kappa shape index (κ2) is 7.17. The van der Waals surface area contributed by atoms with Crippen LogP contribution >= 0.6 is 11.3 Å². The quantitative estimate of drug-likeness (QED) is 0.413. The van der Waals surface area contributed by atoms with Crippen molar-refractivity contribution < 1.29 is 14.3 Å². The third-order valence-corrected chi connectivity index (χ3v) is 4.69. The van der Waals surface area contributed by atoms with Gasteiger partial charge in [-0.1, -0.05) is 11.3 Å². The van der Waals surface area contributed by atoms with Gasteiger partial charge in [0.1, 0.15) is 11.5 Å². The first-order chi connectivity index (χ1) is 13.1. The van der Waals surface area contributed by atoms with Gasteiger partial charge < -0.3 is 9.47 Å². The molecule has 0 spiro atoms. The zero-order valence-corrected chi connectivity index (χ0v) is 15.6. The Kier molecular flexibility index (Phi) is 4.56. The fourth-order valence-corrected chi connectivity index (χ4v) is 3.16. The molecule has 4 aromatic rings. The molecule has 2 aromatic heterocycles. The number of carbonyl (C=O) groups excluding carboxylic acids is 1. The van der Waals surface area contributed by atoms with E-state index in [9.17, 15) is 4.79 Å². The molecule has 2 aromatic carbocycles. The molecule has 0 bridgehead atoms. The maximum absolute atomic E-state index is 11.5. The fraction of sp³-hybridized carbons (Fsp3) is 0.0952. The largest absolute Gasteiger partial charge is 0.439 e. The SMILES string of the molecule is CC(=O)c1ccc2nc(Oc3ccc(Oc4nccs4)cc3C)ccc2c1. The van der Waals surface area contributed by atoms with E-state index in [4.69, 9.17) is 9.47 Å². The van der Waals surface area contributed by atoms with Crippen molar-refractivity contribution in [2.75, 3.05) is 0 Å². The summed E-state index contributed by atoms with van der Waals surface area (Å²) < 4.78 is 11.6. The Balaban J connectivity index is 1.56. The summed E-state index contributed by atoms with van der Waals surface area (Å²) in [6.07, 6.45) is 1.70. The van der Waals surface area contributed by atoms with Gasteiger partial charge in [-0.3, -0.25) is 4.79 Å². The first-order valence-corrected chi connectivity index (χ1v) is 9.24. The number of thiazole rings is 1. The minimum Gasteiger partial charge on any atom is -0.439 e. The summed E-state index contributed by atoms with van der Waals surface area (Å²) in [6, 6.07) is 14.7. The van der Waals surface area contributed by atoms with Crippen LogP contribution in [-0.2, 0) is 0 Å². The Labute approximate surface area is 160 Å². The Morgan fingerprint density at radius 2 is 1.93 bits per heavy atom. The number of hydrogen-bond acceptors (Lipinski definition) is 6. The molecule has 6 heteroatoms. The average Bonchev–Trinajstić information content (AvgIpc) is 3.16. The molecule has 0 radical (unpaired) electrons. The summed E-state index contributed by atoms with van der Waals surface area (Å²) in [7, 11) is 0. The highest BCUT2D eigenvalue weighted by Crippen LogP contribution is 2.31. The van der Waals surface area contributed by atoms with Gasteiger partial charge >= 0.3 is 0 Å². The lowest BCUT2D eigenvalue weighted by molar-refractivity contribution is 0.101. The van der Waals surface area contributed by atoms with E-state index in [2.05, 4.69) is 9.97 Å². The highest BCUT2D eigenvalue weighted by molar-refractivity contribution is 7.11. The van der Waals surface area contributed by atoms with Crippen LogP contribution in [0.1, 0.15) is 22.8 Å². The number of fused-ring (bicyclic) bond motifs is 1. The summed E-state index contributed by atoms with van der Waals surface area (Å²) in [5.74, 6) is 1.94. The summed E-state index contributed by atoms with van der Waals surface area (Å²) in [6.45, 7) is 3.50. The first kappa shape index (κ1) is 17.2. The predicted octanol–water partition coefficient (Wildman–Crippen LogP) is 5.79. The van der Waals surface area contributed by atoms with E-state index in [0.717, 1.165) is 16.5 Å². The number of ketones is 1. The molecule has 2 heterocycles. The third-order valence-electron chi connectivity index (χ3n) is 4.05. The number of aromatic nitrogens is 2. The van der Waals surface area contributed by atoms with Crippen LogP contribution in [-0.4, -0.2) is 15.8 Å². The van der Waals surface area contributed by atoms with Gasteiger partial charge in [0.15, 0.2) is 5.78 Å². The van der Waals surface area contributed by atoms with Gasteiger partial charge in [0.2, 0.25) is 5.88 Å². The van der Waals surface area contributed by atoms with Crippen LogP contribution in [0, 0.1) is 6.92 Å². The molecule has 0 saturated carbocycles. The number of rotatable bonds is 5. The molecular formula is C21H16N2O3S. The number of hydrogen-bond donors (Lipinski definition) is 0. The number of Topliss-reactive ketones (excluding diaryl/α,β-unsaturated/α-hetero) is 1. The van der Waals surface area contributed by atoms with Gasteiger partial charge in [-0.2, -0.15) is 0 Å². The van der Waals surface area contributed by atoms with E-state index in [1.807, 2.05) is 48.7 Å². The van der Waals surface area contributed by atoms with Crippen molar-refractivity contribution in [3.63, 3.8) is 0 Å². The Bertz CT molecular complexity index is 1120. The van der Waals surface area contributed by atoms with E-state index >= 15 is 0 Å². The molecule has 0 atom stereocenters. The van der Waals surface area contributed by atoms with Crippen molar-refractivity contribution in [1.29, 1.82) is 0 Å². The van der Waals surface area contributed by atoms with Crippen LogP contribution in [0.15, 0.2) is 60.1 Å². The zero-order valence-electron chi connectivity index (χ0n) is 14.8. The van der Waals surface area contributed by atoms with Gasteiger partial charge in [-0.15, -0.1) is 0 Å². The average molecular weight is 376 g/mol. The molecule has 4 rings (SSSR count). The molecule has 0 aliphatic carbocycles. The molecule has 27 heavy (non-hydrogen) atoms. The van der Waals surface area contributed by atoms with E-state index in [1.165, 1.54) is 11.3 Å². The minimum atomic E-state index is 0.0351. The molecule has 0 aliphatic heterocycles. The van der Waals surface area contributed by atoms with Crippen molar-refractivity contribution in [3.05, 3.63) is 71.2 Å². The summed E-state index contributed by atoms with van der Waals surface area (Å²) in [5.41, 5.74) is 2.38. The van der Waals surface area contributed by atoms with Gasteiger partial charge in [0.25, 0.3) is 5.19 Å². The van der Waals surface area contributed by atoms with Crippen LogP contribution in [0.4, 0.5) is 0 Å². The number of pyridine rings is 1. The van der Waals surface area contributed by atoms with E-state index < -0.39 is 0 Å². The number of benzene rings is 2. The summed E-state index contributed by atoms with van der Waals surface area (Å²) in [4.78, 5) is 20.1. The van der Waals surface area contributed by atoms with Crippen molar-refractivity contribution >= 4 is 28.0 Å². The molecule has 0 aliphatic rings. The summed E-state index contributed by atoms with van der Waals surface area (Å²) >= 11 is 1.44. The Hall–Kier alpha value is -3.25. The second-order valence-electron chi connectivity index (χ2n) is 6.04. The Morgan fingerprint density at radius 3 is 2.67 bits per heavy atom.